The Morgan fingerprint density at radius 1 is 1.26 bits per heavy atom. The van der Waals surface area contributed by atoms with Gasteiger partial charge in [0.15, 0.2) is 0 Å². The third kappa shape index (κ3) is 2.50. The van der Waals surface area contributed by atoms with E-state index in [0.717, 1.165) is 36.5 Å². The Hall–Kier alpha value is -2.63. The molecule has 1 unspecified atom stereocenters. The van der Waals surface area contributed by atoms with Crippen LogP contribution >= 0.6 is 0 Å². The van der Waals surface area contributed by atoms with E-state index in [1.165, 1.54) is 5.69 Å². The van der Waals surface area contributed by atoms with E-state index in [2.05, 4.69) is 19.7 Å². The van der Waals surface area contributed by atoms with E-state index in [0.29, 0.717) is 11.7 Å². The first kappa shape index (κ1) is 14.0. The molecule has 0 spiro atoms. The summed E-state index contributed by atoms with van der Waals surface area (Å²) in [5.74, 6) is 3.42. The van der Waals surface area contributed by atoms with Gasteiger partial charge in [0.1, 0.15) is 11.6 Å². The maximum Gasteiger partial charge on any atom is 0.231 e. The Labute approximate surface area is 134 Å². The number of imidazole rings is 1. The van der Waals surface area contributed by atoms with Gasteiger partial charge >= 0.3 is 0 Å². The summed E-state index contributed by atoms with van der Waals surface area (Å²) in [5, 5.41) is 4.13. The highest BCUT2D eigenvalue weighted by Crippen LogP contribution is 2.30. The molecule has 0 radical (unpaired) electrons. The van der Waals surface area contributed by atoms with E-state index >= 15 is 0 Å². The SMILES string of the molecule is COc1ccc(-c2noc(C3CCc4cnc(C)n4C3)n2)cc1. The molecular formula is C17H18N4O2. The summed E-state index contributed by atoms with van der Waals surface area (Å²) in [5.41, 5.74) is 2.21. The molecule has 1 atom stereocenters. The van der Waals surface area contributed by atoms with Crippen molar-refractivity contribution in [3.63, 3.8) is 0 Å². The molecule has 2 aromatic heterocycles. The lowest BCUT2D eigenvalue weighted by Crippen LogP contribution is -2.19. The number of hydrogen-bond donors (Lipinski definition) is 0. The van der Waals surface area contributed by atoms with Gasteiger partial charge in [0.05, 0.1) is 13.0 Å². The number of aryl methyl sites for hydroxylation is 2. The molecule has 1 aliphatic heterocycles. The quantitative estimate of drug-likeness (QED) is 0.744. The van der Waals surface area contributed by atoms with Crippen molar-refractivity contribution < 1.29 is 9.26 Å². The minimum Gasteiger partial charge on any atom is -0.497 e. The first-order valence-electron chi connectivity index (χ1n) is 7.73. The smallest absolute Gasteiger partial charge is 0.231 e. The monoisotopic (exact) mass is 310 g/mol. The standard InChI is InChI=1S/C17H18N4O2/c1-11-18-9-14-6-3-13(10-21(11)14)17-19-16(20-23-17)12-4-7-15(22-2)8-5-12/h4-5,7-9,13H,3,6,10H2,1-2H3. The molecule has 0 bridgehead atoms. The number of rotatable bonds is 3. The predicted molar refractivity (Wildman–Crippen MR) is 84.3 cm³/mol. The van der Waals surface area contributed by atoms with Gasteiger partial charge < -0.3 is 13.8 Å². The molecule has 0 fully saturated rings. The number of nitrogens with zero attached hydrogens (tertiary/aromatic N) is 4. The molecule has 1 aliphatic rings. The molecule has 6 heteroatoms. The lowest BCUT2D eigenvalue weighted by molar-refractivity contribution is 0.316. The lowest BCUT2D eigenvalue weighted by Gasteiger charge is -2.22. The first-order chi connectivity index (χ1) is 11.2. The summed E-state index contributed by atoms with van der Waals surface area (Å²) in [7, 11) is 1.65. The Morgan fingerprint density at radius 2 is 2.09 bits per heavy atom. The van der Waals surface area contributed by atoms with Gasteiger partial charge in [-0.2, -0.15) is 4.98 Å². The number of methoxy groups -OCH3 is 1. The zero-order valence-electron chi connectivity index (χ0n) is 13.2. The maximum atomic E-state index is 5.52. The van der Waals surface area contributed by atoms with Gasteiger partial charge in [-0.3, -0.25) is 0 Å². The fraction of sp³-hybridized carbons (Fsp3) is 0.353. The molecule has 6 nitrogen and oxygen atoms in total. The van der Waals surface area contributed by atoms with Crippen LogP contribution in [0.4, 0.5) is 0 Å². The number of aromatic nitrogens is 4. The molecule has 4 rings (SSSR count). The molecule has 23 heavy (non-hydrogen) atoms. The van der Waals surface area contributed by atoms with Crippen LogP contribution in [0.25, 0.3) is 11.4 Å². The third-order valence-electron chi connectivity index (χ3n) is 4.43. The second kappa shape index (κ2) is 5.53. The molecule has 3 heterocycles. The molecule has 0 aliphatic carbocycles. The van der Waals surface area contributed by atoms with Crippen LogP contribution in [0, 0.1) is 6.92 Å². The van der Waals surface area contributed by atoms with Gasteiger partial charge in [-0.1, -0.05) is 5.16 Å². The van der Waals surface area contributed by atoms with Crippen molar-refractivity contribution in [2.75, 3.05) is 7.11 Å². The minimum atomic E-state index is 0.245. The van der Waals surface area contributed by atoms with Crippen LogP contribution in [0.1, 0.15) is 29.7 Å². The van der Waals surface area contributed by atoms with E-state index in [4.69, 9.17) is 9.26 Å². The zero-order chi connectivity index (χ0) is 15.8. The second-order valence-corrected chi connectivity index (χ2v) is 5.83. The summed E-state index contributed by atoms with van der Waals surface area (Å²) in [6.45, 7) is 2.88. The second-order valence-electron chi connectivity index (χ2n) is 5.83. The molecule has 118 valence electrons. The maximum absolute atomic E-state index is 5.52. The predicted octanol–water partition coefficient (Wildman–Crippen LogP) is 2.98. The van der Waals surface area contributed by atoms with Crippen LogP contribution in [0.5, 0.6) is 5.75 Å². The highest BCUT2D eigenvalue weighted by atomic mass is 16.5. The summed E-state index contributed by atoms with van der Waals surface area (Å²) >= 11 is 0. The zero-order valence-corrected chi connectivity index (χ0v) is 13.2. The van der Waals surface area contributed by atoms with Gasteiger partial charge in [0, 0.05) is 24.0 Å². The average molecular weight is 310 g/mol. The summed E-state index contributed by atoms with van der Waals surface area (Å²) in [4.78, 5) is 8.97. The Kier molecular flexibility index (Phi) is 3.37. The Bertz CT molecular complexity index is 819. The fourth-order valence-corrected chi connectivity index (χ4v) is 3.06. The molecule has 0 saturated heterocycles. The summed E-state index contributed by atoms with van der Waals surface area (Å²) in [6, 6.07) is 7.67. The average Bonchev–Trinajstić information content (AvgIpc) is 3.22. The van der Waals surface area contributed by atoms with Crippen molar-refractivity contribution in [1.82, 2.24) is 19.7 Å². The van der Waals surface area contributed by atoms with E-state index in [1.54, 1.807) is 7.11 Å². The van der Waals surface area contributed by atoms with Crippen molar-refractivity contribution in [2.45, 2.75) is 32.2 Å². The van der Waals surface area contributed by atoms with Crippen LogP contribution in [0.15, 0.2) is 35.0 Å². The van der Waals surface area contributed by atoms with Gasteiger partial charge in [0.2, 0.25) is 11.7 Å². The van der Waals surface area contributed by atoms with Crippen molar-refractivity contribution in [3.8, 4) is 17.1 Å². The van der Waals surface area contributed by atoms with Gasteiger partial charge in [-0.25, -0.2) is 4.98 Å². The van der Waals surface area contributed by atoms with Gasteiger partial charge in [0.25, 0.3) is 0 Å². The van der Waals surface area contributed by atoms with E-state index in [1.807, 2.05) is 37.4 Å². The van der Waals surface area contributed by atoms with E-state index in [-0.39, 0.29) is 5.92 Å². The van der Waals surface area contributed by atoms with Gasteiger partial charge in [-0.15, -0.1) is 0 Å². The van der Waals surface area contributed by atoms with Crippen LogP contribution in [-0.4, -0.2) is 26.8 Å². The highest BCUT2D eigenvalue weighted by molar-refractivity contribution is 5.55. The van der Waals surface area contributed by atoms with Crippen molar-refractivity contribution in [2.24, 2.45) is 0 Å². The Balaban J connectivity index is 1.57. The molecule has 0 N–H and O–H groups in total. The normalized spacial score (nSPS) is 17.0. The topological polar surface area (TPSA) is 66.0 Å². The fourth-order valence-electron chi connectivity index (χ4n) is 3.06. The van der Waals surface area contributed by atoms with Crippen molar-refractivity contribution in [1.29, 1.82) is 0 Å². The van der Waals surface area contributed by atoms with E-state index in [9.17, 15) is 0 Å². The molecule has 0 saturated carbocycles. The molecule has 0 amide bonds. The largest absolute Gasteiger partial charge is 0.497 e. The Morgan fingerprint density at radius 3 is 2.87 bits per heavy atom. The number of hydrogen-bond acceptors (Lipinski definition) is 5. The summed E-state index contributed by atoms with van der Waals surface area (Å²) < 4.78 is 12.9. The van der Waals surface area contributed by atoms with Crippen LogP contribution in [0.3, 0.4) is 0 Å². The van der Waals surface area contributed by atoms with Crippen LogP contribution in [0.2, 0.25) is 0 Å². The molecule has 1 aromatic carbocycles. The minimum absolute atomic E-state index is 0.245. The number of fused-ring (bicyclic) bond motifs is 1. The highest BCUT2D eigenvalue weighted by Gasteiger charge is 2.26. The first-order valence-corrected chi connectivity index (χ1v) is 7.73. The van der Waals surface area contributed by atoms with Crippen molar-refractivity contribution in [3.05, 3.63) is 47.9 Å². The number of benzene rings is 1. The summed E-state index contributed by atoms with van der Waals surface area (Å²) in [6.07, 6.45) is 3.96. The van der Waals surface area contributed by atoms with Gasteiger partial charge in [-0.05, 0) is 44.0 Å². The lowest BCUT2D eigenvalue weighted by atomic mass is 9.98. The van der Waals surface area contributed by atoms with Crippen LogP contribution in [-0.2, 0) is 13.0 Å². The number of ether oxygens (including phenoxy) is 1. The third-order valence-corrected chi connectivity index (χ3v) is 4.43. The molecule has 3 aromatic rings. The van der Waals surface area contributed by atoms with Crippen LogP contribution < -0.4 is 4.74 Å². The van der Waals surface area contributed by atoms with E-state index < -0.39 is 0 Å². The van der Waals surface area contributed by atoms with Crippen molar-refractivity contribution >= 4 is 0 Å². The molecular weight excluding hydrogens is 292 g/mol.